The first-order valence-electron chi connectivity index (χ1n) is 5.26. The molecule has 0 saturated heterocycles. The zero-order chi connectivity index (χ0) is 11.3. The van der Waals surface area contributed by atoms with Crippen molar-refractivity contribution in [2.75, 3.05) is 5.32 Å². The van der Waals surface area contributed by atoms with Crippen LogP contribution in [0.2, 0.25) is 0 Å². The largest absolute Gasteiger partial charge is 0.335 e. The Labute approximate surface area is 89.9 Å². The van der Waals surface area contributed by atoms with Crippen molar-refractivity contribution in [3.05, 3.63) is 12.3 Å². The molecule has 5 heteroatoms. The fraction of sp³-hybridized carbons (Fsp3) is 0.600. The Kier molecular flexibility index (Phi) is 4.15. The van der Waals surface area contributed by atoms with Crippen molar-refractivity contribution in [3.8, 4) is 0 Å². The molecule has 0 unspecified atom stereocenters. The van der Waals surface area contributed by atoms with Crippen LogP contribution in [0.4, 0.5) is 10.6 Å². The highest BCUT2D eigenvalue weighted by Crippen LogP contribution is 2.01. The van der Waals surface area contributed by atoms with E-state index >= 15 is 0 Å². The number of hydrogen-bond acceptors (Lipinski definition) is 2. The summed E-state index contributed by atoms with van der Waals surface area (Å²) in [4.78, 5) is 11.4. The van der Waals surface area contributed by atoms with E-state index in [2.05, 4.69) is 15.7 Å². The maximum Gasteiger partial charge on any atom is 0.320 e. The lowest BCUT2D eigenvalue weighted by atomic mass is 10.3. The number of nitrogens with zero attached hydrogens (tertiary/aromatic N) is 2. The second-order valence-corrected chi connectivity index (χ2v) is 3.46. The second-order valence-electron chi connectivity index (χ2n) is 3.46. The third kappa shape index (κ3) is 3.61. The molecule has 0 aromatic carbocycles. The predicted octanol–water partition coefficient (Wildman–Crippen LogP) is 1.82. The summed E-state index contributed by atoms with van der Waals surface area (Å²) in [6.45, 7) is 6.78. The number of amides is 2. The lowest BCUT2D eigenvalue weighted by molar-refractivity contribution is 0.249. The Morgan fingerprint density at radius 3 is 2.87 bits per heavy atom. The van der Waals surface area contributed by atoms with Gasteiger partial charge in [-0.15, -0.1) is 0 Å². The minimum Gasteiger partial charge on any atom is -0.335 e. The van der Waals surface area contributed by atoms with Gasteiger partial charge in [0.2, 0.25) is 0 Å². The zero-order valence-corrected chi connectivity index (χ0v) is 9.45. The van der Waals surface area contributed by atoms with Crippen LogP contribution in [-0.2, 0) is 6.54 Å². The summed E-state index contributed by atoms with van der Waals surface area (Å²) < 4.78 is 1.76. The molecule has 2 amide bonds. The fourth-order valence-electron chi connectivity index (χ4n) is 1.08. The Balaban J connectivity index is 2.44. The maximum absolute atomic E-state index is 11.4. The molecule has 1 atom stereocenters. The van der Waals surface area contributed by atoms with Gasteiger partial charge in [0.1, 0.15) is 0 Å². The number of nitrogens with one attached hydrogen (secondary N) is 2. The highest BCUT2D eigenvalue weighted by Gasteiger charge is 2.06. The van der Waals surface area contributed by atoms with Gasteiger partial charge in [-0.1, -0.05) is 6.92 Å². The number of aromatic nitrogens is 2. The number of carbonyl (C=O) groups is 1. The third-order valence-corrected chi connectivity index (χ3v) is 2.20. The van der Waals surface area contributed by atoms with Crippen LogP contribution in [0.5, 0.6) is 0 Å². The molecule has 1 heterocycles. The first kappa shape index (κ1) is 11.6. The van der Waals surface area contributed by atoms with Gasteiger partial charge >= 0.3 is 6.03 Å². The predicted molar refractivity (Wildman–Crippen MR) is 59.8 cm³/mol. The molecule has 0 aliphatic heterocycles. The van der Waals surface area contributed by atoms with E-state index in [4.69, 9.17) is 0 Å². The summed E-state index contributed by atoms with van der Waals surface area (Å²) >= 11 is 0. The van der Waals surface area contributed by atoms with Crippen LogP contribution in [0.3, 0.4) is 0 Å². The van der Waals surface area contributed by atoms with E-state index in [1.807, 2.05) is 27.0 Å². The highest BCUT2D eigenvalue weighted by atomic mass is 16.2. The molecule has 1 aromatic rings. The maximum atomic E-state index is 11.4. The van der Waals surface area contributed by atoms with Crippen molar-refractivity contribution in [2.45, 2.75) is 39.8 Å². The molecule has 0 spiro atoms. The van der Waals surface area contributed by atoms with Crippen LogP contribution in [0.25, 0.3) is 0 Å². The normalized spacial score (nSPS) is 12.2. The van der Waals surface area contributed by atoms with Gasteiger partial charge in [0.15, 0.2) is 5.82 Å². The summed E-state index contributed by atoms with van der Waals surface area (Å²) in [7, 11) is 0. The summed E-state index contributed by atoms with van der Waals surface area (Å²) in [6, 6.07) is 1.75. The van der Waals surface area contributed by atoms with E-state index in [9.17, 15) is 4.79 Å². The summed E-state index contributed by atoms with van der Waals surface area (Å²) in [5.41, 5.74) is 0. The molecule has 0 fully saturated rings. The standard InChI is InChI=1S/C10H18N4O/c1-4-8(3)11-10(15)12-9-6-7-14(5-2)13-9/h6-8H,4-5H2,1-3H3,(H2,11,12,13,15)/t8-/m0/s1. The Morgan fingerprint density at radius 1 is 1.60 bits per heavy atom. The first-order chi connectivity index (χ1) is 7.15. The average molecular weight is 210 g/mol. The van der Waals surface area contributed by atoms with Crippen LogP contribution >= 0.6 is 0 Å². The monoisotopic (exact) mass is 210 g/mol. The van der Waals surface area contributed by atoms with Gasteiger partial charge in [-0.05, 0) is 20.3 Å². The van der Waals surface area contributed by atoms with Crippen LogP contribution < -0.4 is 10.6 Å². The number of anilines is 1. The van der Waals surface area contributed by atoms with Crippen molar-refractivity contribution in [1.82, 2.24) is 15.1 Å². The Bertz CT molecular complexity index is 321. The summed E-state index contributed by atoms with van der Waals surface area (Å²) in [5.74, 6) is 0.581. The number of aryl methyl sites for hydroxylation is 1. The van der Waals surface area contributed by atoms with Gasteiger partial charge in [0.05, 0.1) is 0 Å². The van der Waals surface area contributed by atoms with E-state index < -0.39 is 0 Å². The van der Waals surface area contributed by atoms with E-state index in [0.717, 1.165) is 13.0 Å². The van der Waals surface area contributed by atoms with E-state index in [0.29, 0.717) is 5.82 Å². The lowest BCUT2D eigenvalue weighted by Crippen LogP contribution is -2.35. The summed E-state index contributed by atoms with van der Waals surface area (Å²) in [5, 5.41) is 9.63. The molecule has 0 radical (unpaired) electrons. The van der Waals surface area contributed by atoms with Crippen LogP contribution in [-0.4, -0.2) is 21.9 Å². The number of hydrogen-bond donors (Lipinski definition) is 2. The van der Waals surface area contributed by atoms with Crippen molar-refractivity contribution in [3.63, 3.8) is 0 Å². The van der Waals surface area contributed by atoms with Gasteiger partial charge in [-0.3, -0.25) is 10.00 Å². The second kappa shape index (κ2) is 5.38. The minimum atomic E-state index is -0.203. The Morgan fingerprint density at radius 2 is 2.33 bits per heavy atom. The van der Waals surface area contributed by atoms with Crippen molar-refractivity contribution in [2.24, 2.45) is 0 Å². The summed E-state index contributed by atoms with van der Waals surface area (Å²) in [6.07, 6.45) is 2.75. The molecule has 0 aliphatic carbocycles. The topological polar surface area (TPSA) is 59.0 Å². The van der Waals surface area contributed by atoms with E-state index in [1.165, 1.54) is 0 Å². The fourth-order valence-corrected chi connectivity index (χ4v) is 1.08. The van der Waals surface area contributed by atoms with Crippen molar-refractivity contribution in [1.29, 1.82) is 0 Å². The molecule has 1 aromatic heterocycles. The van der Waals surface area contributed by atoms with Crippen LogP contribution in [0.15, 0.2) is 12.3 Å². The number of urea groups is 1. The zero-order valence-electron chi connectivity index (χ0n) is 9.45. The van der Waals surface area contributed by atoms with E-state index in [-0.39, 0.29) is 12.1 Å². The van der Waals surface area contributed by atoms with Gasteiger partial charge in [-0.25, -0.2) is 4.79 Å². The number of rotatable bonds is 4. The molecule has 15 heavy (non-hydrogen) atoms. The molecule has 2 N–H and O–H groups in total. The molecule has 1 rings (SSSR count). The van der Waals surface area contributed by atoms with E-state index in [1.54, 1.807) is 10.7 Å². The molecule has 5 nitrogen and oxygen atoms in total. The minimum absolute atomic E-state index is 0.179. The van der Waals surface area contributed by atoms with Gasteiger partial charge < -0.3 is 5.32 Å². The van der Waals surface area contributed by atoms with Crippen LogP contribution in [0.1, 0.15) is 27.2 Å². The smallest absolute Gasteiger partial charge is 0.320 e. The van der Waals surface area contributed by atoms with Crippen molar-refractivity contribution >= 4 is 11.8 Å². The molecule has 0 aliphatic rings. The highest BCUT2D eigenvalue weighted by molar-refractivity contribution is 5.88. The van der Waals surface area contributed by atoms with Crippen molar-refractivity contribution < 1.29 is 4.79 Å². The van der Waals surface area contributed by atoms with Gasteiger partial charge in [0.25, 0.3) is 0 Å². The SMILES string of the molecule is CC[C@H](C)NC(=O)Nc1ccn(CC)n1. The molecular weight excluding hydrogens is 192 g/mol. The Hall–Kier alpha value is -1.52. The number of carbonyl (C=O) groups excluding carboxylic acids is 1. The molecular formula is C10H18N4O. The quantitative estimate of drug-likeness (QED) is 0.796. The molecule has 0 bridgehead atoms. The molecule has 84 valence electrons. The average Bonchev–Trinajstić information content (AvgIpc) is 2.65. The van der Waals surface area contributed by atoms with Gasteiger partial charge in [-0.2, -0.15) is 5.10 Å². The first-order valence-corrected chi connectivity index (χ1v) is 5.26. The molecule has 0 saturated carbocycles. The third-order valence-electron chi connectivity index (χ3n) is 2.20. The van der Waals surface area contributed by atoms with Crippen LogP contribution in [0, 0.1) is 0 Å². The van der Waals surface area contributed by atoms with Gasteiger partial charge in [0, 0.05) is 24.8 Å². The lowest BCUT2D eigenvalue weighted by Gasteiger charge is -2.10.